The minimum Gasteiger partial charge on any atom is -0.325 e. The van der Waals surface area contributed by atoms with Crippen molar-refractivity contribution >= 4 is 23.2 Å². The third-order valence-electron chi connectivity index (χ3n) is 2.81. The minimum absolute atomic E-state index is 0.153. The highest BCUT2D eigenvalue weighted by atomic mass is 35.5. The Kier molecular flexibility index (Phi) is 3.08. The molecule has 1 fully saturated rings. The molecule has 0 saturated heterocycles. The molecule has 1 saturated carbocycles. The van der Waals surface area contributed by atoms with Crippen LogP contribution in [-0.2, 0) is 4.79 Å². The molecular formula is C12H12ClF2NO. The lowest BCUT2D eigenvalue weighted by atomic mass is 10.1. The second-order valence-electron chi connectivity index (χ2n) is 4.29. The standard InChI is InChI=1S/C12H12ClF2NO/c1-7-2-3-8(9-5-12(9,14)15)10(4-7)16-11(17)6-13/h2-4,9H,5-6H2,1H3,(H,16,17). The molecule has 17 heavy (non-hydrogen) atoms. The summed E-state index contributed by atoms with van der Waals surface area (Å²) in [7, 11) is 0. The number of carbonyl (C=O) groups excluding carboxylic acids is 1. The fraction of sp³-hybridized carbons (Fsp3) is 0.417. The van der Waals surface area contributed by atoms with Gasteiger partial charge in [-0.2, -0.15) is 0 Å². The summed E-state index contributed by atoms with van der Waals surface area (Å²) in [6.07, 6.45) is -0.153. The highest BCUT2D eigenvalue weighted by Crippen LogP contribution is 2.57. The van der Waals surface area contributed by atoms with Crippen LogP contribution in [0.4, 0.5) is 14.5 Å². The zero-order valence-corrected chi connectivity index (χ0v) is 10.0. The molecule has 1 aromatic carbocycles. The van der Waals surface area contributed by atoms with Crippen molar-refractivity contribution in [2.45, 2.75) is 25.2 Å². The average molecular weight is 260 g/mol. The molecule has 1 aromatic rings. The molecule has 0 aromatic heterocycles. The van der Waals surface area contributed by atoms with Crippen LogP contribution in [0.1, 0.15) is 23.5 Å². The zero-order chi connectivity index (χ0) is 12.6. The smallest absolute Gasteiger partial charge is 0.256 e. The van der Waals surface area contributed by atoms with Gasteiger partial charge >= 0.3 is 0 Å². The van der Waals surface area contributed by atoms with E-state index >= 15 is 0 Å². The lowest BCUT2D eigenvalue weighted by Crippen LogP contribution is -2.14. The molecule has 0 radical (unpaired) electrons. The van der Waals surface area contributed by atoms with Gasteiger partial charge in [0.25, 0.3) is 5.92 Å². The first kappa shape index (κ1) is 12.3. The summed E-state index contributed by atoms with van der Waals surface area (Å²) in [5, 5.41) is 2.56. The summed E-state index contributed by atoms with van der Waals surface area (Å²) < 4.78 is 26.1. The van der Waals surface area contributed by atoms with E-state index in [2.05, 4.69) is 5.32 Å². The quantitative estimate of drug-likeness (QED) is 0.829. The van der Waals surface area contributed by atoms with Crippen LogP contribution in [-0.4, -0.2) is 17.7 Å². The predicted octanol–water partition coefficient (Wildman–Crippen LogP) is 3.29. The molecule has 5 heteroatoms. The molecule has 0 spiro atoms. The maximum absolute atomic E-state index is 13.0. The van der Waals surface area contributed by atoms with Crippen LogP contribution in [0.15, 0.2) is 18.2 Å². The first-order chi connectivity index (χ1) is 7.94. The van der Waals surface area contributed by atoms with Crippen molar-refractivity contribution in [3.05, 3.63) is 29.3 Å². The van der Waals surface area contributed by atoms with Crippen LogP contribution in [0.3, 0.4) is 0 Å². The molecule has 1 amide bonds. The Bertz CT molecular complexity index is 462. The highest BCUT2D eigenvalue weighted by molar-refractivity contribution is 6.29. The summed E-state index contributed by atoms with van der Waals surface area (Å²) in [5.41, 5.74) is 1.83. The molecule has 1 aliphatic rings. The fourth-order valence-corrected chi connectivity index (χ4v) is 1.88. The first-order valence-electron chi connectivity index (χ1n) is 5.28. The monoisotopic (exact) mass is 259 g/mol. The number of rotatable bonds is 3. The lowest BCUT2D eigenvalue weighted by molar-refractivity contribution is -0.113. The third-order valence-corrected chi connectivity index (χ3v) is 3.05. The van der Waals surface area contributed by atoms with Crippen molar-refractivity contribution in [1.29, 1.82) is 0 Å². The van der Waals surface area contributed by atoms with Crippen molar-refractivity contribution < 1.29 is 13.6 Å². The van der Waals surface area contributed by atoms with Gasteiger partial charge in [-0.05, 0) is 24.1 Å². The van der Waals surface area contributed by atoms with Gasteiger partial charge in [0, 0.05) is 12.1 Å². The Hall–Kier alpha value is -1.16. The third kappa shape index (κ3) is 2.57. The Morgan fingerprint density at radius 1 is 1.59 bits per heavy atom. The van der Waals surface area contributed by atoms with Gasteiger partial charge in [-0.15, -0.1) is 11.6 Å². The number of carbonyl (C=O) groups is 1. The second kappa shape index (κ2) is 4.26. The van der Waals surface area contributed by atoms with E-state index in [0.29, 0.717) is 11.3 Å². The molecule has 2 rings (SSSR count). The van der Waals surface area contributed by atoms with Gasteiger partial charge in [0.05, 0.1) is 5.92 Å². The summed E-state index contributed by atoms with van der Waals surface area (Å²) in [6.45, 7) is 1.84. The van der Waals surface area contributed by atoms with Crippen molar-refractivity contribution in [1.82, 2.24) is 0 Å². The first-order valence-corrected chi connectivity index (χ1v) is 5.81. The summed E-state index contributed by atoms with van der Waals surface area (Å²) in [4.78, 5) is 11.2. The number of alkyl halides is 3. The van der Waals surface area contributed by atoms with E-state index in [0.717, 1.165) is 5.56 Å². The molecule has 0 bridgehead atoms. The second-order valence-corrected chi connectivity index (χ2v) is 4.56. The SMILES string of the molecule is Cc1ccc(C2CC2(F)F)c(NC(=O)CCl)c1. The van der Waals surface area contributed by atoms with Crippen LogP contribution >= 0.6 is 11.6 Å². The van der Waals surface area contributed by atoms with Crippen LogP contribution in [0.5, 0.6) is 0 Å². The number of hydrogen-bond donors (Lipinski definition) is 1. The van der Waals surface area contributed by atoms with Gasteiger partial charge in [-0.1, -0.05) is 12.1 Å². The van der Waals surface area contributed by atoms with E-state index in [1.165, 1.54) is 0 Å². The molecule has 1 unspecified atom stereocenters. The maximum atomic E-state index is 13.0. The Morgan fingerprint density at radius 2 is 2.24 bits per heavy atom. The van der Waals surface area contributed by atoms with Crippen molar-refractivity contribution in [2.24, 2.45) is 0 Å². The van der Waals surface area contributed by atoms with Gasteiger partial charge in [0.1, 0.15) is 5.88 Å². The Labute approximate surface area is 103 Å². The molecule has 1 N–H and O–H groups in total. The maximum Gasteiger partial charge on any atom is 0.256 e. The largest absolute Gasteiger partial charge is 0.325 e. The predicted molar refractivity (Wildman–Crippen MR) is 62.8 cm³/mol. The summed E-state index contributed by atoms with van der Waals surface area (Å²) in [5.74, 6) is -4.00. The van der Waals surface area contributed by atoms with Crippen LogP contribution < -0.4 is 5.32 Å². The van der Waals surface area contributed by atoms with E-state index in [1.807, 2.05) is 6.92 Å². The number of anilines is 1. The molecular weight excluding hydrogens is 248 g/mol. The van der Waals surface area contributed by atoms with E-state index in [-0.39, 0.29) is 18.2 Å². The zero-order valence-electron chi connectivity index (χ0n) is 9.27. The molecule has 92 valence electrons. The number of benzene rings is 1. The molecule has 1 aliphatic carbocycles. The van der Waals surface area contributed by atoms with Gasteiger partial charge in [-0.3, -0.25) is 4.79 Å². The van der Waals surface area contributed by atoms with Crippen molar-refractivity contribution in [3.8, 4) is 0 Å². The van der Waals surface area contributed by atoms with Gasteiger partial charge in [-0.25, -0.2) is 8.78 Å². The summed E-state index contributed by atoms with van der Waals surface area (Å²) in [6, 6.07) is 5.10. The number of halogens is 3. The van der Waals surface area contributed by atoms with Gasteiger partial charge < -0.3 is 5.32 Å². The van der Waals surface area contributed by atoms with Crippen LogP contribution in [0.25, 0.3) is 0 Å². The Morgan fingerprint density at radius 3 is 2.76 bits per heavy atom. The van der Waals surface area contributed by atoms with E-state index in [4.69, 9.17) is 11.6 Å². The number of aryl methyl sites for hydroxylation is 1. The number of hydrogen-bond acceptors (Lipinski definition) is 1. The average Bonchev–Trinajstić information content (AvgIpc) is 2.87. The minimum atomic E-state index is -2.64. The lowest BCUT2D eigenvalue weighted by Gasteiger charge is -2.11. The van der Waals surface area contributed by atoms with E-state index < -0.39 is 11.8 Å². The molecule has 2 nitrogen and oxygen atoms in total. The molecule has 0 heterocycles. The van der Waals surface area contributed by atoms with Crippen molar-refractivity contribution in [2.75, 3.05) is 11.2 Å². The van der Waals surface area contributed by atoms with Crippen LogP contribution in [0.2, 0.25) is 0 Å². The topological polar surface area (TPSA) is 29.1 Å². The van der Waals surface area contributed by atoms with Crippen molar-refractivity contribution in [3.63, 3.8) is 0 Å². The van der Waals surface area contributed by atoms with E-state index in [1.54, 1.807) is 18.2 Å². The number of nitrogens with one attached hydrogen (secondary N) is 1. The van der Waals surface area contributed by atoms with Crippen LogP contribution in [0, 0.1) is 6.92 Å². The van der Waals surface area contributed by atoms with Gasteiger partial charge in [0.2, 0.25) is 5.91 Å². The normalized spacial score (nSPS) is 21.1. The molecule has 0 aliphatic heterocycles. The number of amides is 1. The molecule has 1 atom stereocenters. The Balaban J connectivity index is 2.29. The van der Waals surface area contributed by atoms with Gasteiger partial charge in [0.15, 0.2) is 0 Å². The summed E-state index contributed by atoms with van der Waals surface area (Å²) >= 11 is 5.39. The van der Waals surface area contributed by atoms with E-state index in [9.17, 15) is 13.6 Å². The highest BCUT2D eigenvalue weighted by Gasteiger charge is 2.58. The fourth-order valence-electron chi connectivity index (χ4n) is 1.82.